The summed E-state index contributed by atoms with van der Waals surface area (Å²) in [7, 11) is 0. The molecule has 1 fully saturated rings. The highest BCUT2D eigenvalue weighted by molar-refractivity contribution is 7.80. The van der Waals surface area contributed by atoms with Crippen LogP contribution in [0.15, 0.2) is 12.4 Å². The van der Waals surface area contributed by atoms with Crippen molar-refractivity contribution in [2.75, 3.05) is 0 Å². The van der Waals surface area contributed by atoms with Crippen LogP contribution < -0.4 is 5.73 Å². The molecule has 1 aliphatic rings. The van der Waals surface area contributed by atoms with Crippen molar-refractivity contribution in [2.24, 2.45) is 11.1 Å². The summed E-state index contributed by atoms with van der Waals surface area (Å²) in [6, 6.07) is 0. The molecule has 3 nitrogen and oxygen atoms in total. The summed E-state index contributed by atoms with van der Waals surface area (Å²) >= 11 is 4.99. The van der Waals surface area contributed by atoms with Gasteiger partial charge in [-0.2, -0.15) is 0 Å². The molecule has 0 saturated heterocycles. The molecule has 0 aliphatic heterocycles. The minimum absolute atomic E-state index is 0.344. The Morgan fingerprint density at radius 2 is 2.40 bits per heavy atom. The second-order valence-corrected chi connectivity index (χ2v) is 4.99. The van der Waals surface area contributed by atoms with Crippen LogP contribution in [0.25, 0.3) is 0 Å². The quantitative estimate of drug-likeness (QED) is 0.775. The first-order chi connectivity index (χ1) is 7.15. The number of nitrogens with two attached hydrogens (primary N) is 1. The summed E-state index contributed by atoms with van der Waals surface area (Å²) < 4.78 is 2.24. The number of imidazole rings is 1. The molecular weight excluding hydrogens is 206 g/mol. The average molecular weight is 223 g/mol. The second kappa shape index (κ2) is 3.93. The monoisotopic (exact) mass is 223 g/mol. The van der Waals surface area contributed by atoms with Crippen LogP contribution in [0.4, 0.5) is 0 Å². The minimum Gasteiger partial charge on any atom is -0.393 e. The lowest BCUT2D eigenvalue weighted by Gasteiger charge is -2.16. The molecule has 0 radical (unpaired) electrons. The largest absolute Gasteiger partial charge is 0.393 e. The van der Waals surface area contributed by atoms with Crippen molar-refractivity contribution < 1.29 is 0 Å². The maximum atomic E-state index is 5.62. The third kappa shape index (κ3) is 2.37. The van der Waals surface area contributed by atoms with Gasteiger partial charge in [0.2, 0.25) is 0 Å². The van der Waals surface area contributed by atoms with E-state index < -0.39 is 0 Å². The van der Waals surface area contributed by atoms with Crippen molar-refractivity contribution in [1.82, 2.24) is 9.55 Å². The van der Waals surface area contributed by atoms with Crippen LogP contribution in [0.2, 0.25) is 0 Å². The summed E-state index contributed by atoms with van der Waals surface area (Å²) in [6.07, 6.45) is 8.27. The summed E-state index contributed by atoms with van der Waals surface area (Å²) in [5.41, 5.74) is 5.97. The van der Waals surface area contributed by atoms with E-state index in [0.29, 0.717) is 10.4 Å². The highest BCUT2D eigenvalue weighted by Gasteiger charge is 2.43. The molecule has 15 heavy (non-hydrogen) atoms. The average Bonchev–Trinajstić information content (AvgIpc) is 2.77. The van der Waals surface area contributed by atoms with E-state index in [4.69, 9.17) is 18.0 Å². The fraction of sp³-hybridized carbons (Fsp3) is 0.636. The predicted octanol–water partition coefficient (Wildman–Crippen LogP) is 1.90. The number of aryl methyl sites for hydroxylation is 1. The van der Waals surface area contributed by atoms with Gasteiger partial charge in [-0.05, 0) is 18.3 Å². The van der Waals surface area contributed by atoms with Crippen LogP contribution in [0, 0.1) is 5.41 Å². The van der Waals surface area contributed by atoms with Crippen molar-refractivity contribution in [2.45, 2.75) is 39.2 Å². The van der Waals surface area contributed by atoms with Crippen molar-refractivity contribution in [3.8, 4) is 0 Å². The highest BCUT2D eigenvalue weighted by Crippen LogP contribution is 2.50. The number of hydrogen-bond acceptors (Lipinski definition) is 2. The molecule has 1 aromatic rings. The predicted molar refractivity (Wildman–Crippen MR) is 64.7 cm³/mol. The van der Waals surface area contributed by atoms with E-state index in [1.807, 2.05) is 6.20 Å². The Kier molecular flexibility index (Phi) is 2.78. The van der Waals surface area contributed by atoms with Crippen LogP contribution in [-0.2, 0) is 13.0 Å². The van der Waals surface area contributed by atoms with Gasteiger partial charge in [-0.3, -0.25) is 0 Å². The Bertz CT molecular complexity index is 366. The zero-order valence-corrected chi connectivity index (χ0v) is 9.89. The fourth-order valence-electron chi connectivity index (χ4n) is 2.10. The van der Waals surface area contributed by atoms with Gasteiger partial charge in [-0.1, -0.05) is 19.1 Å². The van der Waals surface area contributed by atoms with Crippen LogP contribution in [0.3, 0.4) is 0 Å². The van der Waals surface area contributed by atoms with E-state index in [-0.39, 0.29) is 0 Å². The van der Waals surface area contributed by atoms with Crippen LogP contribution in [0.1, 0.15) is 32.0 Å². The van der Waals surface area contributed by atoms with Crippen molar-refractivity contribution in [3.05, 3.63) is 18.2 Å². The van der Waals surface area contributed by atoms with Gasteiger partial charge in [0.05, 0.1) is 4.99 Å². The van der Waals surface area contributed by atoms with Gasteiger partial charge in [0.1, 0.15) is 5.82 Å². The molecule has 0 spiro atoms. The molecule has 82 valence electrons. The molecule has 2 N–H and O–H groups in total. The second-order valence-electron chi connectivity index (χ2n) is 4.47. The molecule has 0 aromatic carbocycles. The van der Waals surface area contributed by atoms with Crippen LogP contribution >= 0.6 is 12.2 Å². The van der Waals surface area contributed by atoms with Gasteiger partial charge in [-0.25, -0.2) is 4.98 Å². The smallest absolute Gasteiger partial charge is 0.108 e. The van der Waals surface area contributed by atoms with Gasteiger partial charge in [0.15, 0.2) is 0 Å². The SMILES string of the molecule is CCc1nccn1CC1(CC(N)=S)CC1. The van der Waals surface area contributed by atoms with E-state index >= 15 is 0 Å². The lowest BCUT2D eigenvalue weighted by molar-refractivity contribution is 0.429. The maximum absolute atomic E-state index is 5.62. The number of aromatic nitrogens is 2. The third-order valence-corrected chi connectivity index (χ3v) is 3.27. The molecule has 4 heteroatoms. The van der Waals surface area contributed by atoms with Gasteiger partial charge in [0, 0.05) is 31.8 Å². The molecule has 0 amide bonds. The first-order valence-corrected chi connectivity index (χ1v) is 5.84. The van der Waals surface area contributed by atoms with Crippen LogP contribution in [-0.4, -0.2) is 14.5 Å². The normalized spacial score (nSPS) is 17.7. The Hall–Kier alpha value is -0.900. The van der Waals surface area contributed by atoms with E-state index in [1.165, 1.54) is 12.8 Å². The van der Waals surface area contributed by atoms with E-state index in [0.717, 1.165) is 25.2 Å². The summed E-state index contributed by atoms with van der Waals surface area (Å²) in [5.74, 6) is 1.16. The molecule has 0 unspecified atom stereocenters. The third-order valence-electron chi connectivity index (χ3n) is 3.13. The zero-order valence-electron chi connectivity index (χ0n) is 9.07. The first kappa shape index (κ1) is 10.6. The lowest BCUT2D eigenvalue weighted by Crippen LogP contribution is -2.20. The fourth-order valence-corrected chi connectivity index (χ4v) is 2.40. The minimum atomic E-state index is 0.344. The molecule has 1 aliphatic carbocycles. The molecule has 1 heterocycles. The summed E-state index contributed by atoms with van der Waals surface area (Å²) in [4.78, 5) is 4.97. The maximum Gasteiger partial charge on any atom is 0.108 e. The number of rotatable bonds is 5. The first-order valence-electron chi connectivity index (χ1n) is 5.43. The Morgan fingerprint density at radius 3 is 2.93 bits per heavy atom. The number of thiocarbonyl (C=S) groups is 1. The molecule has 2 rings (SSSR count). The molecule has 0 atom stereocenters. The van der Waals surface area contributed by atoms with Crippen molar-refractivity contribution >= 4 is 17.2 Å². The number of hydrogen-bond donors (Lipinski definition) is 1. The number of nitrogens with zero attached hydrogens (tertiary/aromatic N) is 2. The van der Waals surface area contributed by atoms with Gasteiger partial charge < -0.3 is 10.3 Å². The van der Waals surface area contributed by atoms with E-state index in [2.05, 4.69) is 22.7 Å². The van der Waals surface area contributed by atoms with Gasteiger partial charge in [0.25, 0.3) is 0 Å². The molecule has 0 bridgehead atoms. The standard InChI is InChI=1S/C11H17N3S/c1-2-10-13-5-6-14(10)8-11(3-4-11)7-9(12)15/h5-6H,2-4,7-8H2,1H3,(H2,12,15). The summed E-state index contributed by atoms with van der Waals surface area (Å²) in [5, 5.41) is 0. The Labute approximate surface area is 95.7 Å². The highest BCUT2D eigenvalue weighted by atomic mass is 32.1. The van der Waals surface area contributed by atoms with Crippen LogP contribution in [0.5, 0.6) is 0 Å². The van der Waals surface area contributed by atoms with Gasteiger partial charge >= 0.3 is 0 Å². The lowest BCUT2D eigenvalue weighted by atomic mass is 10.0. The molecule has 1 aromatic heterocycles. The topological polar surface area (TPSA) is 43.8 Å². The Morgan fingerprint density at radius 1 is 1.67 bits per heavy atom. The molecular formula is C11H17N3S. The summed E-state index contributed by atoms with van der Waals surface area (Å²) in [6.45, 7) is 3.15. The van der Waals surface area contributed by atoms with Crippen molar-refractivity contribution in [3.63, 3.8) is 0 Å². The van der Waals surface area contributed by atoms with E-state index in [1.54, 1.807) is 0 Å². The Balaban J connectivity index is 2.05. The van der Waals surface area contributed by atoms with E-state index in [9.17, 15) is 0 Å². The molecule has 1 saturated carbocycles. The zero-order chi connectivity index (χ0) is 10.9. The van der Waals surface area contributed by atoms with Crippen molar-refractivity contribution in [1.29, 1.82) is 0 Å². The van der Waals surface area contributed by atoms with Gasteiger partial charge in [-0.15, -0.1) is 0 Å².